The number of hydrogen-bond donors (Lipinski definition) is 8. The first kappa shape index (κ1) is 59.1. The highest BCUT2D eigenvalue weighted by atomic mass is 16.5. The minimum absolute atomic E-state index is 0.0431. The second-order valence-electron chi connectivity index (χ2n) is 16.9. The predicted octanol–water partition coefficient (Wildman–Crippen LogP) is -1.50. The molecule has 0 radical (unpaired) electrons. The van der Waals surface area contributed by atoms with Crippen LogP contribution in [0.4, 0.5) is 0 Å². The topological polar surface area (TPSA) is 298 Å². The summed E-state index contributed by atoms with van der Waals surface area (Å²) in [4.78, 5) is 106. The van der Waals surface area contributed by atoms with Gasteiger partial charge in [0.2, 0.25) is 23.6 Å². The number of aliphatic carboxylic acids is 3. The first-order valence-corrected chi connectivity index (χ1v) is 24.0. The quantitative estimate of drug-likeness (QED) is 0.0399. The van der Waals surface area contributed by atoms with Crippen LogP contribution >= 0.6 is 0 Å². The van der Waals surface area contributed by atoms with Crippen molar-refractivity contribution in [3.8, 4) is 5.75 Å². The first-order chi connectivity index (χ1) is 34.1. The molecule has 0 aromatic heterocycles. The fourth-order valence-electron chi connectivity index (χ4n) is 7.25. The highest BCUT2D eigenvalue weighted by molar-refractivity contribution is 5.89. The first-order valence-electron chi connectivity index (χ1n) is 24.0. The largest absolute Gasteiger partial charge is 0.484 e. The number of likely N-dealkylation sites (N-methyl/N-ethyl adjacent to an activating group) is 1. The lowest BCUT2D eigenvalue weighted by atomic mass is 10.1. The molecule has 3 rings (SSSR count). The van der Waals surface area contributed by atoms with Crippen molar-refractivity contribution in [2.45, 2.75) is 51.6 Å². The molecular formula is C48H73N9O14. The van der Waals surface area contributed by atoms with Gasteiger partial charge in [-0.2, -0.15) is 0 Å². The Morgan fingerprint density at radius 1 is 0.549 bits per heavy atom. The zero-order valence-corrected chi connectivity index (χ0v) is 40.9. The summed E-state index contributed by atoms with van der Waals surface area (Å²) >= 11 is 0. The molecule has 2 aromatic carbocycles. The molecule has 394 valence electrons. The molecule has 1 aliphatic rings. The summed E-state index contributed by atoms with van der Waals surface area (Å²) in [6.07, 6.45) is 1.94. The Bertz CT molecular complexity index is 1960. The van der Waals surface area contributed by atoms with Gasteiger partial charge >= 0.3 is 17.9 Å². The zero-order valence-electron chi connectivity index (χ0n) is 40.9. The van der Waals surface area contributed by atoms with E-state index in [1.165, 1.54) is 0 Å². The van der Waals surface area contributed by atoms with Crippen LogP contribution in [0.3, 0.4) is 0 Å². The maximum atomic E-state index is 12.9. The van der Waals surface area contributed by atoms with E-state index in [9.17, 15) is 53.7 Å². The molecule has 23 heteroatoms. The Morgan fingerprint density at radius 2 is 1.10 bits per heavy atom. The summed E-state index contributed by atoms with van der Waals surface area (Å²) in [5, 5.41) is 41.7. The third kappa shape index (κ3) is 26.5. The second-order valence-corrected chi connectivity index (χ2v) is 16.9. The third-order valence-electron chi connectivity index (χ3n) is 11.2. The average molecular weight is 1000 g/mol. The van der Waals surface area contributed by atoms with Gasteiger partial charge in [0.15, 0.2) is 6.61 Å². The number of carbonyl (C=O) groups excluding carboxylic acids is 5. The van der Waals surface area contributed by atoms with E-state index in [4.69, 9.17) is 14.2 Å². The van der Waals surface area contributed by atoms with Crippen molar-refractivity contribution < 1.29 is 67.9 Å². The van der Waals surface area contributed by atoms with E-state index in [0.29, 0.717) is 76.6 Å². The highest BCUT2D eigenvalue weighted by Crippen LogP contribution is 2.14. The predicted molar refractivity (Wildman–Crippen MR) is 260 cm³/mol. The summed E-state index contributed by atoms with van der Waals surface area (Å²) in [6.45, 7) is 8.25. The Hall–Kier alpha value is -6.24. The fraction of sp³-hybridized carbons (Fsp3) is 0.583. The number of hydrogen-bond acceptors (Lipinski definition) is 15. The summed E-state index contributed by atoms with van der Waals surface area (Å²) in [7, 11) is 0. The maximum absolute atomic E-state index is 12.9. The SMILES string of the molecule is CCCCNC(=O)C(Cc1ccccc1)NC(=O)COc1ccc(CC(NC(=O)CNC(=O)COCCOCCNC(=O)CN2CCN(CC)CCN(CC(=O)O)CCN(CC(=O)O)CC2)C(=O)O)cc1. The van der Waals surface area contributed by atoms with Crippen LogP contribution in [0.2, 0.25) is 0 Å². The number of carboxylic acid groups (broad SMARTS) is 3. The Balaban J connectivity index is 1.31. The number of nitrogens with zero attached hydrogens (tertiary/aromatic N) is 4. The van der Waals surface area contributed by atoms with Crippen LogP contribution in [0.5, 0.6) is 5.75 Å². The number of rotatable bonds is 31. The van der Waals surface area contributed by atoms with Crippen molar-refractivity contribution in [3.63, 3.8) is 0 Å². The van der Waals surface area contributed by atoms with Gasteiger partial charge < -0.3 is 61.0 Å². The molecule has 0 bridgehead atoms. The standard InChI is InChI=1S/C48H73N9O14/c1-3-5-15-50-47(66)39(28-36-9-7-6-8-10-36)52-44(61)35-71-38-13-11-37(12-14-38)29-40(48(67)68)53-41(58)30-51-43(60)34-70-27-26-69-25-16-49-42(59)31-55-19-17-54(4-2)18-20-56(32-45(62)63)23-24-57(22-21-55)33-46(64)65/h6-14,39-40H,3-5,15-35H2,1-2H3,(H,49,59)(H,50,66)(H,51,60)(H,52,61)(H,53,58)(H,62,63)(H,64,65)(H,67,68). The molecule has 2 atom stereocenters. The lowest BCUT2D eigenvalue weighted by Crippen LogP contribution is -2.49. The monoisotopic (exact) mass is 1000 g/mol. The molecule has 2 unspecified atom stereocenters. The van der Waals surface area contributed by atoms with Crippen molar-refractivity contribution in [1.82, 2.24) is 46.2 Å². The van der Waals surface area contributed by atoms with Gasteiger partial charge in [-0.15, -0.1) is 0 Å². The van der Waals surface area contributed by atoms with Crippen LogP contribution in [0.25, 0.3) is 0 Å². The molecule has 71 heavy (non-hydrogen) atoms. The van der Waals surface area contributed by atoms with Crippen LogP contribution in [-0.2, 0) is 60.7 Å². The molecule has 1 saturated heterocycles. The highest BCUT2D eigenvalue weighted by Gasteiger charge is 2.24. The van der Waals surface area contributed by atoms with Crippen molar-refractivity contribution in [3.05, 3.63) is 65.7 Å². The molecule has 23 nitrogen and oxygen atoms in total. The minimum atomic E-state index is -1.31. The van der Waals surface area contributed by atoms with Crippen LogP contribution in [0.15, 0.2) is 54.6 Å². The molecular weight excluding hydrogens is 927 g/mol. The van der Waals surface area contributed by atoms with E-state index in [1.54, 1.807) is 29.2 Å². The van der Waals surface area contributed by atoms with Gasteiger partial charge in [0.05, 0.1) is 46.0 Å². The minimum Gasteiger partial charge on any atom is -0.484 e. The van der Waals surface area contributed by atoms with Gasteiger partial charge in [-0.05, 0) is 36.2 Å². The molecule has 5 amide bonds. The van der Waals surface area contributed by atoms with Crippen molar-refractivity contribution in [2.75, 3.05) is 131 Å². The smallest absolute Gasteiger partial charge is 0.326 e. The number of carbonyl (C=O) groups is 8. The summed E-state index contributed by atoms with van der Waals surface area (Å²) in [5.41, 5.74) is 1.44. The number of carboxylic acids is 3. The molecule has 8 N–H and O–H groups in total. The van der Waals surface area contributed by atoms with Crippen LogP contribution in [-0.4, -0.2) is 226 Å². The van der Waals surface area contributed by atoms with Crippen LogP contribution in [0, 0.1) is 0 Å². The summed E-state index contributed by atoms with van der Waals surface area (Å²) in [6, 6.07) is 13.5. The van der Waals surface area contributed by atoms with E-state index in [0.717, 1.165) is 24.9 Å². The van der Waals surface area contributed by atoms with Crippen molar-refractivity contribution in [1.29, 1.82) is 0 Å². The van der Waals surface area contributed by atoms with E-state index < -0.39 is 54.3 Å². The number of benzene rings is 2. The number of nitrogens with one attached hydrogen (secondary N) is 5. The third-order valence-corrected chi connectivity index (χ3v) is 11.2. The van der Waals surface area contributed by atoms with Gasteiger partial charge in [-0.3, -0.25) is 48.3 Å². The van der Waals surface area contributed by atoms with Gasteiger partial charge in [0.1, 0.15) is 24.4 Å². The number of ether oxygens (including phenoxy) is 3. The van der Waals surface area contributed by atoms with Gasteiger partial charge in [0, 0.05) is 78.3 Å². The van der Waals surface area contributed by atoms with Crippen molar-refractivity contribution in [2.24, 2.45) is 0 Å². The lowest BCUT2D eigenvalue weighted by Gasteiger charge is -2.33. The molecule has 0 spiro atoms. The summed E-state index contributed by atoms with van der Waals surface area (Å²) < 4.78 is 16.4. The van der Waals surface area contributed by atoms with Gasteiger partial charge in [-0.25, -0.2) is 4.79 Å². The fourth-order valence-corrected chi connectivity index (χ4v) is 7.25. The maximum Gasteiger partial charge on any atom is 0.326 e. The number of amides is 5. The second kappa shape index (κ2) is 34.1. The van der Waals surface area contributed by atoms with Crippen LogP contribution < -0.4 is 31.3 Å². The Labute approximate surface area is 414 Å². The number of unbranched alkanes of at least 4 members (excludes halogenated alkanes) is 1. The van der Waals surface area contributed by atoms with Crippen molar-refractivity contribution >= 4 is 47.4 Å². The van der Waals surface area contributed by atoms with Crippen LogP contribution in [0.1, 0.15) is 37.8 Å². The average Bonchev–Trinajstić information content (AvgIpc) is 3.33. The van der Waals surface area contributed by atoms with Gasteiger partial charge in [-0.1, -0.05) is 62.7 Å². The van der Waals surface area contributed by atoms with E-state index in [1.807, 2.05) is 54.0 Å². The molecule has 0 saturated carbocycles. The van der Waals surface area contributed by atoms with Gasteiger partial charge in [0.25, 0.3) is 5.91 Å². The Kier molecular flexibility index (Phi) is 28.4. The van der Waals surface area contributed by atoms with E-state index in [-0.39, 0.29) is 77.4 Å². The van der Waals surface area contributed by atoms with E-state index in [2.05, 4.69) is 31.5 Å². The Morgan fingerprint density at radius 3 is 1.68 bits per heavy atom. The lowest BCUT2D eigenvalue weighted by molar-refractivity contribution is -0.141. The molecule has 2 aromatic rings. The van der Waals surface area contributed by atoms with E-state index >= 15 is 0 Å². The summed E-state index contributed by atoms with van der Waals surface area (Å²) in [5.74, 6) is -5.26. The molecule has 1 heterocycles. The molecule has 1 fully saturated rings. The zero-order chi connectivity index (χ0) is 51.8. The normalized spacial score (nSPS) is 15.2. The molecule has 0 aliphatic carbocycles. The molecule has 1 aliphatic heterocycles.